The number of carboxylic acid groups (broad SMARTS) is 1. The van der Waals surface area contributed by atoms with Crippen molar-refractivity contribution in [1.29, 1.82) is 0 Å². The van der Waals surface area contributed by atoms with Crippen molar-refractivity contribution in [1.82, 2.24) is 10.2 Å². The zero-order valence-corrected chi connectivity index (χ0v) is 5.48. The van der Waals surface area contributed by atoms with Crippen molar-refractivity contribution in [2.45, 2.75) is 0 Å². The molecule has 0 unspecified atom stereocenters. The molecule has 0 aromatic carbocycles. The number of rotatable bonds is 1. The fourth-order valence-electron chi connectivity index (χ4n) is 0.416. The number of nitrogens with zero attached hydrogens (tertiary/aromatic N) is 2. The summed E-state index contributed by atoms with van der Waals surface area (Å²) in [6, 6.07) is 2.91. The minimum Gasteiger partial charge on any atom is -1.00 e. The van der Waals surface area contributed by atoms with Crippen LogP contribution in [0.2, 0.25) is 0 Å². The molecule has 0 spiro atoms. The quantitative estimate of drug-likeness (QED) is 0.422. The van der Waals surface area contributed by atoms with Gasteiger partial charge in [0.25, 0.3) is 0 Å². The van der Waals surface area contributed by atoms with Crippen LogP contribution in [0.15, 0.2) is 18.3 Å². The molecule has 0 atom stereocenters. The molecule has 48 valence electrons. The van der Waals surface area contributed by atoms with Crippen molar-refractivity contribution in [2.24, 2.45) is 0 Å². The topological polar surface area (TPSA) is 63.1 Å². The van der Waals surface area contributed by atoms with Crippen LogP contribution >= 0.6 is 0 Å². The van der Waals surface area contributed by atoms with E-state index in [0.717, 1.165) is 0 Å². The van der Waals surface area contributed by atoms with Crippen LogP contribution in [0.1, 0.15) is 11.9 Å². The molecule has 0 bridgehead atoms. The van der Waals surface area contributed by atoms with Crippen LogP contribution in [-0.4, -0.2) is 21.3 Å². The number of hydrogen-bond donors (Lipinski definition) is 1. The van der Waals surface area contributed by atoms with E-state index in [9.17, 15) is 4.79 Å². The maximum absolute atomic E-state index is 10.1. The van der Waals surface area contributed by atoms with Gasteiger partial charge < -0.3 is 6.53 Å². The maximum atomic E-state index is 10.1. The van der Waals surface area contributed by atoms with E-state index >= 15 is 0 Å². The molecule has 1 N–H and O–H groups in total. The molecule has 1 aromatic rings. The molecule has 0 aliphatic carbocycles. The molecule has 10 heavy (non-hydrogen) atoms. The maximum Gasteiger partial charge on any atom is 1.00 e. The molecular weight excluding hydrogens is 127 g/mol. The van der Waals surface area contributed by atoms with E-state index in [1.165, 1.54) is 18.3 Å². The van der Waals surface area contributed by atoms with Crippen LogP contribution in [0, 0.1) is 0 Å². The van der Waals surface area contributed by atoms with Crippen LogP contribution < -0.4 is 18.9 Å². The fourth-order valence-corrected chi connectivity index (χ4v) is 0.416. The van der Waals surface area contributed by atoms with Gasteiger partial charge in [-0.15, -0.1) is 5.10 Å². The third kappa shape index (κ3) is 2.17. The Morgan fingerprint density at radius 3 is 2.70 bits per heavy atom. The van der Waals surface area contributed by atoms with Crippen LogP contribution in [-0.2, 0) is 0 Å². The first-order chi connectivity index (χ1) is 4.30. The summed E-state index contributed by atoms with van der Waals surface area (Å²) in [5, 5.41) is 15.0. The summed E-state index contributed by atoms with van der Waals surface area (Å²) < 4.78 is 0. The number of carboxylic acids is 1. The molecule has 1 aromatic heterocycles. The summed E-state index contributed by atoms with van der Waals surface area (Å²) in [5.74, 6) is -1.05. The second-order valence-electron chi connectivity index (χ2n) is 1.41. The Bertz CT molecular complexity index is 219. The van der Waals surface area contributed by atoms with Crippen molar-refractivity contribution in [3.8, 4) is 0 Å². The van der Waals surface area contributed by atoms with Crippen molar-refractivity contribution in [3.05, 3.63) is 24.0 Å². The van der Waals surface area contributed by atoms with E-state index in [2.05, 4.69) is 10.2 Å². The first kappa shape index (κ1) is 9.15. The molecule has 0 fully saturated rings. The van der Waals surface area contributed by atoms with Gasteiger partial charge in [-0.3, -0.25) is 0 Å². The normalized spacial score (nSPS) is 8.00. The summed E-state index contributed by atoms with van der Waals surface area (Å²) in [6.07, 6.45) is 1.42. The van der Waals surface area contributed by atoms with Crippen LogP contribution in [0.25, 0.3) is 0 Å². The van der Waals surface area contributed by atoms with E-state index in [0.29, 0.717) is 0 Å². The summed E-state index contributed by atoms with van der Waals surface area (Å²) in [7, 11) is 0. The second kappa shape index (κ2) is 4.04. The van der Waals surface area contributed by atoms with Crippen molar-refractivity contribution < 1.29 is 30.2 Å². The Hall–Kier alpha value is -0.853. The zero-order chi connectivity index (χ0) is 6.69. The van der Waals surface area contributed by atoms with Gasteiger partial charge >= 0.3 is 24.8 Å². The van der Waals surface area contributed by atoms with E-state index in [4.69, 9.17) is 5.11 Å². The van der Waals surface area contributed by atoms with E-state index in [1.807, 2.05) is 0 Å². The van der Waals surface area contributed by atoms with Crippen molar-refractivity contribution in [3.63, 3.8) is 0 Å². The Labute approximate surface area is 70.9 Å². The first-order valence-corrected chi connectivity index (χ1v) is 2.31. The van der Waals surface area contributed by atoms with Gasteiger partial charge in [0, 0.05) is 6.20 Å². The van der Waals surface area contributed by atoms with Gasteiger partial charge in [0.2, 0.25) is 0 Å². The molecule has 0 saturated heterocycles. The molecule has 0 radical (unpaired) electrons. The minimum absolute atomic E-state index is 0. The predicted molar refractivity (Wildman–Crippen MR) is 30.1 cm³/mol. The fraction of sp³-hybridized carbons (Fsp3) is 0. The molecule has 1 heterocycles. The minimum atomic E-state index is -1.05. The average Bonchev–Trinajstić information content (AvgIpc) is 1.90. The second-order valence-corrected chi connectivity index (χ2v) is 1.41. The molecule has 0 aliphatic heterocycles. The monoisotopic (exact) mass is 132 g/mol. The largest absolute Gasteiger partial charge is 1.00 e. The molecule has 1 rings (SSSR count). The van der Waals surface area contributed by atoms with Gasteiger partial charge in [0.05, 0.1) is 0 Å². The van der Waals surface area contributed by atoms with E-state index < -0.39 is 5.97 Å². The van der Waals surface area contributed by atoms with Gasteiger partial charge in [0.1, 0.15) is 0 Å². The predicted octanol–water partition coefficient (Wildman–Crippen LogP) is -2.71. The molecule has 4 nitrogen and oxygen atoms in total. The zero-order valence-electron chi connectivity index (χ0n) is 6.48. The summed E-state index contributed by atoms with van der Waals surface area (Å²) in [5.41, 5.74) is -0.0301. The summed E-state index contributed by atoms with van der Waals surface area (Å²) in [6.45, 7) is 0. The number of aromatic nitrogens is 2. The van der Waals surface area contributed by atoms with Crippen LogP contribution in [0.5, 0.6) is 0 Å². The van der Waals surface area contributed by atoms with Crippen molar-refractivity contribution >= 4 is 5.97 Å². The number of aromatic carboxylic acids is 1. The molecule has 5 heteroatoms. The molecule has 0 saturated carbocycles. The first-order valence-electron chi connectivity index (χ1n) is 2.31. The third-order valence-corrected chi connectivity index (χ3v) is 0.791. The summed E-state index contributed by atoms with van der Waals surface area (Å²) >= 11 is 0. The average molecular weight is 132 g/mol. The number of hydrogen-bond acceptors (Lipinski definition) is 3. The van der Waals surface area contributed by atoms with E-state index in [1.54, 1.807) is 0 Å². The van der Waals surface area contributed by atoms with Gasteiger partial charge in [-0.2, -0.15) is 5.10 Å². The van der Waals surface area contributed by atoms with Gasteiger partial charge in [-0.1, -0.05) is 0 Å². The van der Waals surface area contributed by atoms with E-state index in [-0.39, 0.29) is 26.0 Å². The Morgan fingerprint density at radius 2 is 2.40 bits per heavy atom. The molecule has 0 aliphatic rings. The van der Waals surface area contributed by atoms with Crippen LogP contribution in [0.3, 0.4) is 0 Å². The SMILES string of the molecule is O=C(O)c1cccnn1.[H-].[Li+]. The standard InChI is InChI=1S/C5H4N2O2.Li.H/c8-5(9)4-2-1-3-6-7-4;;/h1-3H,(H,8,9);;/q;+1;-1. The summed E-state index contributed by atoms with van der Waals surface area (Å²) in [4.78, 5) is 10.1. The van der Waals surface area contributed by atoms with Crippen molar-refractivity contribution in [2.75, 3.05) is 0 Å². The Balaban J connectivity index is 0. The third-order valence-electron chi connectivity index (χ3n) is 0.791. The Kier molecular flexibility index (Phi) is 3.70. The van der Waals surface area contributed by atoms with Gasteiger partial charge in [-0.05, 0) is 12.1 Å². The molecule has 0 amide bonds. The number of carbonyl (C=O) groups is 1. The smallest absolute Gasteiger partial charge is 1.00 e. The molecular formula is C5H5LiN2O2. The van der Waals surface area contributed by atoms with Gasteiger partial charge in [-0.25, -0.2) is 4.79 Å². The Morgan fingerprint density at radius 1 is 1.70 bits per heavy atom. The van der Waals surface area contributed by atoms with Gasteiger partial charge in [0.15, 0.2) is 5.69 Å². The van der Waals surface area contributed by atoms with Crippen LogP contribution in [0.4, 0.5) is 0 Å².